The zero-order valence-corrected chi connectivity index (χ0v) is 12.1. The van der Waals surface area contributed by atoms with Crippen molar-refractivity contribution in [3.63, 3.8) is 0 Å². The van der Waals surface area contributed by atoms with Crippen molar-refractivity contribution in [2.45, 2.75) is 50.0 Å². The minimum atomic E-state index is -3.49. The summed E-state index contributed by atoms with van der Waals surface area (Å²) in [4.78, 5) is 0. The van der Waals surface area contributed by atoms with Gasteiger partial charge in [-0.15, -0.1) is 0 Å². The molecule has 1 N–H and O–H groups in total. The first-order valence-electron chi connectivity index (χ1n) is 5.10. The molecule has 0 bridgehead atoms. The van der Waals surface area contributed by atoms with E-state index in [1.165, 1.54) is 20.9 Å². The maximum absolute atomic E-state index is 11.7. The van der Waals surface area contributed by atoms with Crippen LogP contribution >= 0.6 is 0 Å². The van der Waals surface area contributed by atoms with Crippen molar-refractivity contribution in [2.24, 2.45) is 0 Å². The molecule has 1 unspecified atom stereocenters. The summed E-state index contributed by atoms with van der Waals surface area (Å²) in [6.07, 6.45) is 0.479. The SMILES string of the molecule is CCC(C)(CC(C)(C)S(=O)(=O)NC)[SH](=O)=O. The fourth-order valence-corrected chi connectivity index (χ4v) is 3.56. The molecule has 0 saturated heterocycles. The van der Waals surface area contributed by atoms with E-state index in [2.05, 4.69) is 4.72 Å². The minimum Gasteiger partial charge on any atom is -0.231 e. The molecule has 98 valence electrons. The first-order chi connectivity index (χ1) is 7.02. The molecule has 0 spiro atoms. The van der Waals surface area contributed by atoms with Gasteiger partial charge >= 0.3 is 0 Å². The third kappa shape index (κ3) is 3.18. The van der Waals surface area contributed by atoms with Crippen molar-refractivity contribution in [3.05, 3.63) is 0 Å². The van der Waals surface area contributed by atoms with Crippen LogP contribution in [-0.2, 0) is 20.7 Å². The van der Waals surface area contributed by atoms with E-state index in [-0.39, 0.29) is 6.42 Å². The molecule has 16 heavy (non-hydrogen) atoms. The molecule has 7 heteroatoms. The molecule has 0 heterocycles. The van der Waals surface area contributed by atoms with E-state index in [9.17, 15) is 16.8 Å². The quantitative estimate of drug-likeness (QED) is 0.689. The second kappa shape index (κ2) is 5.01. The van der Waals surface area contributed by atoms with Crippen molar-refractivity contribution < 1.29 is 16.8 Å². The highest BCUT2D eigenvalue weighted by Crippen LogP contribution is 2.31. The molecule has 0 aromatic heterocycles. The van der Waals surface area contributed by atoms with E-state index >= 15 is 0 Å². The van der Waals surface area contributed by atoms with Gasteiger partial charge in [0.25, 0.3) is 0 Å². The second-order valence-corrected chi connectivity index (χ2v) is 8.87. The summed E-state index contributed by atoms with van der Waals surface area (Å²) in [7, 11) is -4.82. The van der Waals surface area contributed by atoms with E-state index in [4.69, 9.17) is 0 Å². The van der Waals surface area contributed by atoms with Crippen LogP contribution < -0.4 is 4.72 Å². The standard InChI is InChI=1S/C9H21NO4S2/c1-6-9(4,15(11)12)7-8(2,3)16(13,14)10-5/h10,15H,6-7H2,1-5H3. The molecule has 0 aliphatic carbocycles. The van der Waals surface area contributed by atoms with E-state index in [0.29, 0.717) is 6.42 Å². The number of hydrogen-bond donors (Lipinski definition) is 2. The molecule has 1 atom stereocenters. The molecule has 0 fully saturated rings. The summed E-state index contributed by atoms with van der Waals surface area (Å²) < 4.78 is 45.9. The zero-order chi connectivity index (χ0) is 13.2. The lowest BCUT2D eigenvalue weighted by Crippen LogP contribution is -2.46. The summed E-state index contributed by atoms with van der Waals surface area (Å²) >= 11 is 0. The summed E-state index contributed by atoms with van der Waals surface area (Å²) in [6, 6.07) is 0. The number of nitrogens with one attached hydrogen (secondary N) is 1. The first-order valence-corrected chi connectivity index (χ1v) is 7.76. The Morgan fingerprint density at radius 1 is 1.19 bits per heavy atom. The van der Waals surface area contributed by atoms with Crippen molar-refractivity contribution >= 4 is 20.7 Å². The molecular weight excluding hydrogens is 250 g/mol. The van der Waals surface area contributed by atoms with Crippen molar-refractivity contribution in [3.8, 4) is 0 Å². The van der Waals surface area contributed by atoms with E-state index in [0.717, 1.165) is 0 Å². The van der Waals surface area contributed by atoms with Gasteiger partial charge in [-0.2, -0.15) is 0 Å². The molecule has 0 rings (SSSR count). The monoisotopic (exact) mass is 271 g/mol. The Hall–Kier alpha value is -0.140. The van der Waals surface area contributed by atoms with Crippen molar-refractivity contribution in [1.82, 2.24) is 4.72 Å². The number of hydrogen-bond acceptors (Lipinski definition) is 4. The predicted molar refractivity (Wildman–Crippen MR) is 65.7 cm³/mol. The molecule has 0 aliphatic heterocycles. The summed E-state index contributed by atoms with van der Waals surface area (Å²) in [6.45, 7) is 6.38. The Labute approximate surface area is 99.6 Å². The average Bonchev–Trinajstić information content (AvgIpc) is 2.16. The summed E-state index contributed by atoms with van der Waals surface area (Å²) in [5, 5.41) is 0. The fourth-order valence-electron chi connectivity index (χ4n) is 1.61. The average molecular weight is 271 g/mol. The van der Waals surface area contributed by atoms with Gasteiger partial charge in [0.2, 0.25) is 10.0 Å². The van der Waals surface area contributed by atoms with Crippen molar-refractivity contribution in [2.75, 3.05) is 7.05 Å². The molecule has 0 aliphatic rings. The van der Waals surface area contributed by atoms with Gasteiger partial charge in [-0.25, -0.2) is 21.6 Å². The van der Waals surface area contributed by atoms with Gasteiger partial charge in [0.1, 0.15) is 10.7 Å². The lowest BCUT2D eigenvalue weighted by Gasteiger charge is -2.32. The van der Waals surface area contributed by atoms with Crippen LogP contribution in [0.3, 0.4) is 0 Å². The Morgan fingerprint density at radius 3 is 1.88 bits per heavy atom. The molecule has 0 aromatic rings. The van der Waals surface area contributed by atoms with Gasteiger partial charge in [0, 0.05) is 0 Å². The Morgan fingerprint density at radius 2 is 1.62 bits per heavy atom. The minimum absolute atomic E-state index is 0.0817. The fraction of sp³-hybridized carbons (Fsp3) is 1.00. The van der Waals surface area contributed by atoms with Gasteiger partial charge in [-0.05, 0) is 40.7 Å². The lowest BCUT2D eigenvalue weighted by molar-refractivity contribution is 0.439. The Balaban J connectivity index is 5.26. The van der Waals surface area contributed by atoms with Crippen LogP contribution in [0.5, 0.6) is 0 Å². The van der Waals surface area contributed by atoms with Gasteiger partial charge in [-0.3, -0.25) is 0 Å². The summed E-state index contributed by atoms with van der Waals surface area (Å²) in [5.41, 5.74) is 0. The van der Waals surface area contributed by atoms with E-state index < -0.39 is 30.2 Å². The largest absolute Gasteiger partial charge is 0.231 e. The van der Waals surface area contributed by atoms with Crippen LogP contribution in [-0.4, -0.2) is 33.4 Å². The highest BCUT2D eigenvalue weighted by molar-refractivity contribution is 7.90. The van der Waals surface area contributed by atoms with Gasteiger partial charge in [0.05, 0.1) is 9.49 Å². The highest BCUT2D eigenvalue weighted by atomic mass is 32.2. The smallest absolute Gasteiger partial charge is 0.216 e. The first kappa shape index (κ1) is 15.9. The van der Waals surface area contributed by atoms with Gasteiger partial charge in [0.15, 0.2) is 0 Å². The van der Waals surface area contributed by atoms with E-state index in [1.54, 1.807) is 13.8 Å². The molecule has 5 nitrogen and oxygen atoms in total. The topological polar surface area (TPSA) is 80.3 Å². The van der Waals surface area contributed by atoms with Gasteiger partial charge < -0.3 is 0 Å². The van der Waals surface area contributed by atoms with Crippen LogP contribution in [0.1, 0.15) is 40.5 Å². The molecule has 0 radical (unpaired) electrons. The van der Waals surface area contributed by atoms with Crippen LogP contribution in [0.25, 0.3) is 0 Å². The maximum atomic E-state index is 11.7. The number of rotatable bonds is 6. The van der Waals surface area contributed by atoms with Crippen LogP contribution in [0, 0.1) is 0 Å². The highest BCUT2D eigenvalue weighted by Gasteiger charge is 2.41. The molecule has 0 saturated carbocycles. The Kier molecular flexibility index (Phi) is 4.97. The summed E-state index contributed by atoms with van der Waals surface area (Å²) in [5.74, 6) is 0. The third-order valence-corrected chi connectivity index (χ3v) is 6.50. The van der Waals surface area contributed by atoms with Gasteiger partial charge in [-0.1, -0.05) is 6.92 Å². The molecule has 0 amide bonds. The van der Waals surface area contributed by atoms with E-state index in [1.807, 2.05) is 0 Å². The lowest BCUT2D eigenvalue weighted by atomic mass is 9.95. The normalized spacial score (nSPS) is 17.4. The zero-order valence-electron chi connectivity index (χ0n) is 10.4. The third-order valence-electron chi connectivity index (χ3n) is 3.01. The predicted octanol–water partition coefficient (Wildman–Crippen LogP) is 0.484. The molecular formula is C9H21NO4S2. The molecule has 0 aromatic carbocycles. The number of thiol groups is 1. The Bertz CT molecular complexity index is 403. The maximum Gasteiger partial charge on any atom is 0.216 e. The van der Waals surface area contributed by atoms with Crippen LogP contribution in [0.4, 0.5) is 0 Å². The van der Waals surface area contributed by atoms with Crippen LogP contribution in [0.15, 0.2) is 0 Å². The van der Waals surface area contributed by atoms with Crippen LogP contribution in [0.2, 0.25) is 0 Å². The second-order valence-electron chi connectivity index (χ2n) is 4.75. The van der Waals surface area contributed by atoms with Crippen molar-refractivity contribution in [1.29, 1.82) is 0 Å². The number of sulfonamides is 1.